The number of carbonyl (C=O) groups is 1. The van der Waals surface area contributed by atoms with Crippen molar-refractivity contribution >= 4 is 16.8 Å². The summed E-state index contributed by atoms with van der Waals surface area (Å²) in [6, 6.07) is 16.7. The number of nitrogens with one attached hydrogen (secondary N) is 1. The van der Waals surface area contributed by atoms with Gasteiger partial charge in [0.15, 0.2) is 5.43 Å². The van der Waals surface area contributed by atoms with E-state index >= 15 is 0 Å². The number of hydrogen-bond acceptors (Lipinski definition) is 3. The molecule has 1 unspecified atom stereocenters. The monoisotopic (exact) mass is 363 g/mol. The molecule has 1 amide bonds. The van der Waals surface area contributed by atoms with Gasteiger partial charge in [-0.15, -0.1) is 0 Å². The average molecular weight is 363 g/mol. The quantitative estimate of drug-likeness (QED) is 0.707. The van der Waals surface area contributed by atoms with Crippen LogP contribution in [0.5, 0.6) is 0 Å². The van der Waals surface area contributed by atoms with Gasteiger partial charge >= 0.3 is 0 Å². The molecule has 5 nitrogen and oxygen atoms in total. The highest BCUT2D eigenvalue weighted by molar-refractivity contribution is 5.82. The van der Waals surface area contributed by atoms with Gasteiger partial charge in [0.1, 0.15) is 6.54 Å². The standard InChI is InChI=1S/C22H25N3O2/c1-15(2)16-7-9-17(10-8-16)19(23)13-24-22(27)14-25-12-11-21(26)18-5-3-4-6-20(18)25/h3-12,15,19H,13-14,23H2,1-2H3,(H,24,27). The number of nitrogens with two attached hydrogens (primary N) is 1. The van der Waals surface area contributed by atoms with Crippen molar-refractivity contribution in [1.29, 1.82) is 0 Å². The molecular formula is C22H25N3O2. The van der Waals surface area contributed by atoms with Gasteiger partial charge in [-0.05, 0) is 29.2 Å². The molecule has 1 heterocycles. The highest BCUT2D eigenvalue weighted by Gasteiger charge is 2.10. The summed E-state index contributed by atoms with van der Waals surface area (Å²) in [4.78, 5) is 24.3. The minimum absolute atomic E-state index is 0.0471. The van der Waals surface area contributed by atoms with Crippen LogP contribution in [-0.4, -0.2) is 17.0 Å². The molecular weight excluding hydrogens is 338 g/mol. The van der Waals surface area contributed by atoms with Crippen molar-refractivity contribution in [3.05, 3.63) is 82.1 Å². The van der Waals surface area contributed by atoms with Gasteiger partial charge in [-0.2, -0.15) is 0 Å². The van der Waals surface area contributed by atoms with Gasteiger partial charge in [0.2, 0.25) is 5.91 Å². The molecule has 3 aromatic rings. The van der Waals surface area contributed by atoms with Gasteiger partial charge in [0.25, 0.3) is 0 Å². The Morgan fingerprint density at radius 2 is 1.70 bits per heavy atom. The second-order valence-corrected chi connectivity index (χ2v) is 7.06. The van der Waals surface area contributed by atoms with Gasteiger partial charge in [0.05, 0.1) is 5.52 Å². The van der Waals surface area contributed by atoms with Crippen molar-refractivity contribution in [2.45, 2.75) is 32.4 Å². The van der Waals surface area contributed by atoms with Crippen LogP contribution >= 0.6 is 0 Å². The summed E-state index contributed by atoms with van der Waals surface area (Å²) in [7, 11) is 0. The molecule has 3 N–H and O–H groups in total. The maximum Gasteiger partial charge on any atom is 0.240 e. The van der Waals surface area contributed by atoms with Crippen LogP contribution in [0.2, 0.25) is 0 Å². The molecule has 0 aliphatic rings. The van der Waals surface area contributed by atoms with Crippen LogP contribution in [0, 0.1) is 0 Å². The highest BCUT2D eigenvalue weighted by atomic mass is 16.2. The molecule has 3 rings (SSSR count). The Labute approximate surface area is 158 Å². The van der Waals surface area contributed by atoms with Crippen LogP contribution in [0.3, 0.4) is 0 Å². The number of benzene rings is 2. The van der Waals surface area contributed by atoms with E-state index in [1.807, 2.05) is 30.3 Å². The minimum atomic E-state index is -0.263. The van der Waals surface area contributed by atoms with Crippen molar-refractivity contribution in [3.63, 3.8) is 0 Å². The Balaban J connectivity index is 1.63. The Bertz CT molecular complexity index is 990. The lowest BCUT2D eigenvalue weighted by Gasteiger charge is -2.16. The van der Waals surface area contributed by atoms with E-state index in [4.69, 9.17) is 5.73 Å². The topological polar surface area (TPSA) is 77.1 Å². The molecule has 27 heavy (non-hydrogen) atoms. The number of rotatable bonds is 6. The van der Waals surface area contributed by atoms with E-state index in [0.717, 1.165) is 11.1 Å². The second kappa shape index (κ2) is 8.18. The van der Waals surface area contributed by atoms with Gasteiger partial charge < -0.3 is 15.6 Å². The molecule has 0 radical (unpaired) electrons. The minimum Gasteiger partial charge on any atom is -0.353 e. The molecule has 2 aromatic carbocycles. The molecule has 0 bridgehead atoms. The molecule has 0 spiro atoms. The fourth-order valence-corrected chi connectivity index (χ4v) is 3.08. The van der Waals surface area contributed by atoms with Crippen LogP contribution in [-0.2, 0) is 11.3 Å². The van der Waals surface area contributed by atoms with E-state index in [9.17, 15) is 9.59 Å². The largest absolute Gasteiger partial charge is 0.353 e. The maximum atomic E-state index is 12.4. The molecule has 0 saturated heterocycles. The predicted octanol–water partition coefficient (Wildman–Crippen LogP) is 2.94. The van der Waals surface area contributed by atoms with Crippen LogP contribution < -0.4 is 16.5 Å². The molecule has 0 fully saturated rings. The number of carbonyl (C=O) groups excluding carboxylic acids is 1. The van der Waals surface area contributed by atoms with Crippen LogP contribution in [0.4, 0.5) is 0 Å². The first-order valence-electron chi connectivity index (χ1n) is 9.16. The SMILES string of the molecule is CC(C)c1ccc(C(N)CNC(=O)Cn2ccc(=O)c3ccccc32)cc1. The van der Waals surface area contributed by atoms with Crippen molar-refractivity contribution < 1.29 is 4.79 Å². The number of fused-ring (bicyclic) bond motifs is 1. The summed E-state index contributed by atoms with van der Waals surface area (Å²) in [6.07, 6.45) is 1.65. The van der Waals surface area contributed by atoms with Gasteiger partial charge in [0, 0.05) is 30.2 Å². The number of para-hydroxylation sites is 1. The van der Waals surface area contributed by atoms with E-state index < -0.39 is 0 Å². The van der Waals surface area contributed by atoms with Crippen LogP contribution in [0.15, 0.2) is 65.6 Å². The Morgan fingerprint density at radius 3 is 2.41 bits per heavy atom. The van der Waals surface area contributed by atoms with E-state index in [2.05, 4.69) is 31.3 Å². The van der Waals surface area contributed by atoms with E-state index in [1.54, 1.807) is 16.8 Å². The number of pyridine rings is 1. The Morgan fingerprint density at radius 1 is 1.04 bits per heavy atom. The Kier molecular flexibility index (Phi) is 5.72. The normalized spacial score (nSPS) is 12.3. The number of nitrogens with zero attached hydrogens (tertiary/aromatic N) is 1. The third-order valence-corrected chi connectivity index (χ3v) is 4.75. The van der Waals surface area contributed by atoms with E-state index in [-0.39, 0.29) is 23.9 Å². The fourth-order valence-electron chi connectivity index (χ4n) is 3.08. The fraction of sp³-hybridized carbons (Fsp3) is 0.273. The molecule has 1 atom stereocenters. The third kappa shape index (κ3) is 4.44. The molecule has 0 saturated carbocycles. The highest BCUT2D eigenvalue weighted by Crippen LogP contribution is 2.17. The lowest BCUT2D eigenvalue weighted by atomic mass is 9.99. The summed E-state index contributed by atoms with van der Waals surface area (Å²) in [5.74, 6) is 0.334. The number of amides is 1. The molecule has 140 valence electrons. The van der Waals surface area contributed by atoms with Crippen molar-refractivity contribution in [2.24, 2.45) is 5.73 Å². The zero-order valence-electron chi connectivity index (χ0n) is 15.7. The van der Waals surface area contributed by atoms with E-state index in [1.165, 1.54) is 11.6 Å². The van der Waals surface area contributed by atoms with Crippen molar-refractivity contribution in [2.75, 3.05) is 6.54 Å². The number of aromatic nitrogens is 1. The van der Waals surface area contributed by atoms with Gasteiger partial charge in [-0.1, -0.05) is 50.2 Å². The van der Waals surface area contributed by atoms with Crippen molar-refractivity contribution in [1.82, 2.24) is 9.88 Å². The summed E-state index contributed by atoms with van der Waals surface area (Å²) in [6.45, 7) is 4.80. The third-order valence-electron chi connectivity index (χ3n) is 4.75. The zero-order valence-corrected chi connectivity index (χ0v) is 15.7. The Hall–Kier alpha value is -2.92. The first kappa shape index (κ1) is 18.9. The lowest BCUT2D eigenvalue weighted by Crippen LogP contribution is -2.34. The summed E-state index contributed by atoms with van der Waals surface area (Å²) in [5.41, 5.74) is 9.17. The predicted molar refractivity (Wildman–Crippen MR) is 109 cm³/mol. The zero-order chi connectivity index (χ0) is 19.4. The molecule has 5 heteroatoms. The maximum absolute atomic E-state index is 12.4. The summed E-state index contributed by atoms with van der Waals surface area (Å²) >= 11 is 0. The lowest BCUT2D eigenvalue weighted by molar-refractivity contribution is -0.121. The number of hydrogen-bond donors (Lipinski definition) is 2. The van der Waals surface area contributed by atoms with Gasteiger partial charge in [-0.3, -0.25) is 9.59 Å². The van der Waals surface area contributed by atoms with Crippen LogP contribution in [0.25, 0.3) is 10.9 Å². The smallest absolute Gasteiger partial charge is 0.240 e. The first-order valence-corrected chi connectivity index (χ1v) is 9.16. The summed E-state index contributed by atoms with van der Waals surface area (Å²) in [5, 5.41) is 3.49. The summed E-state index contributed by atoms with van der Waals surface area (Å²) < 4.78 is 1.77. The first-order chi connectivity index (χ1) is 13.0. The second-order valence-electron chi connectivity index (χ2n) is 7.06. The average Bonchev–Trinajstić information content (AvgIpc) is 2.68. The van der Waals surface area contributed by atoms with Crippen molar-refractivity contribution in [3.8, 4) is 0 Å². The van der Waals surface area contributed by atoms with E-state index in [0.29, 0.717) is 17.8 Å². The molecule has 0 aliphatic heterocycles. The van der Waals surface area contributed by atoms with Gasteiger partial charge in [-0.25, -0.2) is 0 Å². The van der Waals surface area contributed by atoms with Crippen LogP contribution in [0.1, 0.15) is 36.9 Å². The molecule has 1 aromatic heterocycles. The molecule has 0 aliphatic carbocycles.